The first kappa shape index (κ1) is 20.1. The topological polar surface area (TPSA) is 60.0 Å². The van der Waals surface area contributed by atoms with E-state index in [4.69, 9.17) is 4.99 Å². The molecular weight excluding hydrogens is 369 g/mol. The quantitative estimate of drug-likeness (QED) is 0.540. The molecule has 0 spiro atoms. The third kappa shape index (κ3) is 5.26. The molecule has 0 aromatic heterocycles. The van der Waals surface area contributed by atoms with Crippen LogP contribution in [0.4, 0.5) is 4.39 Å². The molecule has 1 amide bonds. The van der Waals surface area contributed by atoms with Gasteiger partial charge in [0.05, 0.1) is 13.1 Å². The van der Waals surface area contributed by atoms with Crippen LogP contribution in [0.2, 0.25) is 0 Å². The fraction of sp³-hybridized carbons (Fsp3) is 0.636. The third-order valence-electron chi connectivity index (χ3n) is 6.14. The molecule has 1 saturated heterocycles. The number of halogens is 1. The number of carbonyl (C=O) groups is 1. The van der Waals surface area contributed by atoms with Crippen molar-refractivity contribution < 1.29 is 9.18 Å². The zero-order valence-corrected chi connectivity index (χ0v) is 17.3. The first-order valence-electron chi connectivity index (χ1n) is 10.9. The van der Waals surface area contributed by atoms with Gasteiger partial charge in [0.15, 0.2) is 5.96 Å². The molecule has 29 heavy (non-hydrogen) atoms. The molecule has 0 unspecified atom stereocenters. The van der Waals surface area contributed by atoms with E-state index in [1.165, 1.54) is 6.07 Å². The summed E-state index contributed by atoms with van der Waals surface area (Å²) in [4.78, 5) is 21.4. The molecule has 158 valence electrons. The van der Waals surface area contributed by atoms with Crippen molar-refractivity contribution in [2.75, 3.05) is 45.8 Å². The van der Waals surface area contributed by atoms with Gasteiger partial charge in [-0.2, -0.15) is 0 Å². The van der Waals surface area contributed by atoms with Crippen LogP contribution in [-0.4, -0.2) is 73.5 Å². The number of carbonyl (C=O) groups excluding carboxylic acids is 1. The van der Waals surface area contributed by atoms with E-state index in [0.29, 0.717) is 19.1 Å². The van der Waals surface area contributed by atoms with E-state index in [1.54, 1.807) is 12.1 Å². The summed E-state index contributed by atoms with van der Waals surface area (Å²) < 4.78 is 13.6. The molecule has 1 aromatic rings. The number of nitrogens with one attached hydrogen (secondary N) is 2. The van der Waals surface area contributed by atoms with E-state index >= 15 is 0 Å². The Kier molecular flexibility index (Phi) is 6.04. The fourth-order valence-corrected chi connectivity index (χ4v) is 3.98. The van der Waals surface area contributed by atoms with Crippen molar-refractivity contribution >= 4 is 11.9 Å². The van der Waals surface area contributed by atoms with Gasteiger partial charge in [0.25, 0.3) is 0 Å². The molecule has 4 rings (SSSR count). The van der Waals surface area contributed by atoms with Crippen LogP contribution in [0.3, 0.4) is 0 Å². The number of nitrogens with zero attached hydrogens (tertiary/aromatic N) is 3. The summed E-state index contributed by atoms with van der Waals surface area (Å²) >= 11 is 0. The van der Waals surface area contributed by atoms with Crippen molar-refractivity contribution in [2.45, 2.75) is 44.1 Å². The average Bonchev–Trinajstić information content (AvgIpc) is 3.63. The molecule has 7 heteroatoms. The van der Waals surface area contributed by atoms with Gasteiger partial charge in [0.1, 0.15) is 5.82 Å². The number of amides is 1. The summed E-state index contributed by atoms with van der Waals surface area (Å²) in [6.07, 6.45) is 4.37. The van der Waals surface area contributed by atoms with Crippen LogP contribution in [-0.2, 0) is 10.2 Å². The highest BCUT2D eigenvalue weighted by molar-refractivity contribution is 5.80. The molecule has 0 bridgehead atoms. The first-order valence-corrected chi connectivity index (χ1v) is 10.9. The van der Waals surface area contributed by atoms with E-state index < -0.39 is 0 Å². The van der Waals surface area contributed by atoms with E-state index in [-0.39, 0.29) is 17.1 Å². The van der Waals surface area contributed by atoms with Crippen molar-refractivity contribution in [3.05, 3.63) is 35.6 Å². The highest BCUT2D eigenvalue weighted by Gasteiger charge is 2.44. The van der Waals surface area contributed by atoms with Gasteiger partial charge in [-0.05, 0) is 50.3 Å². The number of hydrogen-bond acceptors (Lipinski definition) is 3. The van der Waals surface area contributed by atoms with E-state index in [1.807, 2.05) is 6.07 Å². The van der Waals surface area contributed by atoms with Crippen LogP contribution < -0.4 is 10.6 Å². The van der Waals surface area contributed by atoms with Gasteiger partial charge in [0.2, 0.25) is 5.91 Å². The highest BCUT2D eigenvalue weighted by Crippen LogP contribution is 2.48. The minimum atomic E-state index is -0.175. The number of aliphatic imine (C=N–C) groups is 1. The second-order valence-electron chi connectivity index (χ2n) is 8.57. The molecule has 2 aliphatic carbocycles. The van der Waals surface area contributed by atoms with Gasteiger partial charge in [-0.25, -0.2) is 4.39 Å². The van der Waals surface area contributed by atoms with E-state index in [0.717, 1.165) is 69.9 Å². The van der Waals surface area contributed by atoms with Crippen LogP contribution in [0, 0.1) is 5.82 Å². The summed E-state index contributed by atoms with van der Waals surface area (Å²) in [6, 6.07) is 7.38. The summed E-state index contributed by atoms with van der Waals surface area (Å²) in [6.45, 7) is 7.49. The highest BCUT2D eigenvalue weighted by atomic mass is 19.1. The summed E-state index contributed by atoms with van der Waals surface area (Å²) in [7, 11) is 0. The molecular formula is C22H32FN5O. The number of rotatable bonds is 7. The number of guanidine groups is 1. The molecule has 2 saturated carbocycles. The average molecular weight is 402 g/mol. The van der Waals surface area contributed by atoms with Crippen molar-refractivity contribution in [1.82, 2.24) is 20.4 Å². The lowest BCUT2D eigenvalue weighted by Crippen LogP contribution is -2.54. The molecule has 0 atom stereocenters. The van der Waals surface area contributed by atoms with Crippen LogP contribution >= 0.6 is 0 Å². The Labute approximate surface area is 172 Å². The lowest BCUT2D eigenvalue weighted by molar-refractivity contribution is -0.122. The Morgan fingerprint density at radius 3 is 2.62 bits per heavy atom. The minimum absolute atomic E-state index is 0.00844. The minimum Gasteiger partial charge on any atom is -0.357 e. The molecule has 6 nitrogen and oxygen atoms in total. The Bertz CT molecular complexity index is 751. The normalized spacial score (nSPS) is 21.7. The number of hydrogen-bond donors (Lipinski definition) is 2. The van der Waals surface area contributed by atoms with Crippen LogP contribution in [0.15, 0.2) is 29.3 Å². The van der Waals surface area contributed by atoms with Crippen molar-refractivity contribution in [1.29, 1.82) is 0 Å². The zero-order valence-electron chi connectivity index (χ0n) is 17.3. The molecule has 2 N–H and O–H groups in total. The SMILES string of the molecule is CCNC(=NCC1(c2cccc(F)c2)CC1)N1CCN(CC(=O)NC2CC2)CC1. The monoisotopic (exact) mass is 401 g/mol. The molecule has 3 aliphatic rings. The van der Waals surface area contributed by atoms with Crippen LogP contribution in [0.25, 0.3) is 0 Å². The van der Waals surface area contributed by atoms with E-state index in [2.05, 4.69) is 27.4 Å². The summed E-state index contributed by atoms with van der Waals surface area (Å²) in [5.74, 6) is 0.899. The Balaban J connectivity index is 1.32. The van der Waals surface area contributed by atoms with Gasteiger partial charge in [-0.3, -0.25) is 14.7 Å². The lowest BCUT2D eigenvalue weighted by atomic mass is 9.96. The number of benzene rings is 1. The lowest BCUT2D eigenvalue weighted by Gasteiger charge is -2.36. The first-order chi connectivity index (χ1) is 14.1. The molecule has 1 aliphatic heterocycles. The molecule has 1 heterocycles. The Morgan fingerprint density at radius 2 is 2.00 bits per heavy atom. The smallest absolute Gasteiger partial charge is 0.234 e. The maximum Gasteiger partial charge on any atom is 0.234 e. The second-order valence-corrected chi connectivity index (χ2v) is 8.57. The Morgan fingerprint density at radius 1 is 1.24 bits per heavy atom. The molecule has 1 aromatic carbocycles. The molecule has 3 fully saturated rings. The van der Waals surface area contributed by atoms with Gasteiger partial charge in [-0.15, -0.1) is 0 Å². The summed E-state index contributed by atoms with van der Waals surface area (Å²) in [5, 5.41) is 6.47. The maximum atomic E-state index is 13.6. The van der Waals surface area contributed by atoms with Gasteiger partial charge < -0.3 is 15.5 Å². The van der Waals surface area contributed by atoms with Gasteiger partial charge in [0, 0.05) is 44.2 Å². The predicted molar refractivity (Wildman–Crippen MR) is 112 cm³/mol. The zero-order chi connectivity index (χ0) is 20.3. The van der Waals surface area contributed by atoms with Gasteiger partial charge in [-0.1, -0.05) is 12.1 Å². The van der Waals surface area contributed by atoms with Crippen molar-refractivity contribution in [2.24, 2.45) is 4.99 Å². The van der Waals surface area contributed by atoms with Crippen LogP contribution in [0.5, 0.6) is 0 Å². The van der Waals surface area contributed by atoms with E-state index in [9.17, 15) is 9.18 Å². The largest absolute Gasteiger partial charge is 0.357 e. The standard InChI is InChI=1S/C22H32FN5O/c1-2-24-21(25-16-22(8-9-22)17-4-3-5-18(23)14-17)28-12-10-27(11-13-28)15-20(29)26-19-6-7-19/h3-5,14,19H,2,6-13,15-16H2,1H3,(H,24,25)(H,26,29). The number of piperazine rings is 1. The fourth-order valence-electron chi connectivity index (χ4n) is 3.98. The third-order valence-corrected chi connectivity index (χ3v) is 6.14. The molecule has 0 radical (unpaired) electrons. The second kappa shape index (κ2) is 8.69. The van der Waals surface area contributed by atoms with Crippen molar-refractivity contribution in [3.63, 3.8) is 0 Å². The Hall–Kier alpha value is -2.15. The predicted octanol–water partition coefficient (Wildman–Crippen LogP) is 1.72. The summed E-state index contributed by atoms with van der Waals surface area (Å²) in [5.41, 5.74) is 1.05. The van der Waals surface area contributed by atoms with Crippen LogP contribution in [0.1, 0.15) is 38.2 Å². The van der Waals surface area contributed by atoms with Gasteiger partial charge >= 0.3 is 0 Å². The van der Waals surface area contributed by atoms with Crippen molar-refractivity contribution in [3.8, 4) is 0 Å². The maximum absolute atomic E-state index is 13.6.